The number of fused-ring (bicyclic) bond motifs is 3. The van der Waals surface area contributed by atoms with Gasteiger partial charge in [0, 0.05) is 12.6 Å². The average Bonchev–Trinajstić information content (AvgIpc) is 3.04. The van der Waals surface area contributed by atoms with Crippen molar-refractivity contribution in [3.63, 3.8) is 0 Å². The minimum atomic E-state index is 0.410. The molecule has 20 heavy (non-hydrogen) atoms. The van der Waals surface area contributed by atoms with Crippen LogP contribution in [-0.2, 0) is 0 Å². The first-order valence-corrected chi connectivity index (χ1v) is 6.62. The molecule has 1 aliphatic rings. The van der Waals surface area contributed by atoms with Gasteiger partial charge in [-0.3, -0.25) is 0 Å². The molecule has 0 spiro atoms. The van der Waals surface area contributed by atoms with Crippen molar-refractivity contribution < 1.29 is 4.42 Å². The smallest absolute Gasteiger partial charge is 0.251 e. The zero-order chi connectivity index (χ0) is 13.7. The number of pyridine rings is 1. The molecule has 100 valence electrons. The van der Waals surface area contributed by atoms with Crippen molar-refractivity contribution in [1.82, 2.24) is 9.97 Å². The molecule has 0 radical (unpaired) electrons. The zero-order valence-electron chi connectivity index (χ0n) is 10.7. The van der Waals surface area contributed by atoms with Crippen molar-refractivity contribution in [3.05, 3.63) is 35.5 Å². The van der Waals surface area contributed by atoms with E-state index in [0.717, 1.165) is 22.5 Å². The van der Waals surface area contributed by atoms with E-state index in [1.165, 1.54) is 0 Å². The van der Waals surface area contributed by atoms with Gasteiger partial charge < -0.3 is 14.6 Å². The molecule has 0 aliphatic carbocycles. The van der Waals surface area contributed by atoms with E-state index in [4.69, 9.17) is 16.0 Å². The predicted molar refractivity (Wildman–Crippen MR) is 79.1 cm³/mol. The lowest BCUT2D eigenvalue weighted by molar-refractivity contribution is 0.608. The van der Waals surface area contributed by atoms with Gasteiger partial charge in [-0.15, -0.1) is 0 Å². The fraction of sp³-hybridized carbons (Fsp3) is 0.143. The Kier molecular flexibility index (Phi) is 2.37. The Labute approximate surface area is 120 Å². The van der Waals surface area contributed by atoms with Gasteiger partial charge in [0.05, 0.1) is 18.0 Å². The molecule has 6 heteroatoms. The lowest BCUT2D eigenvalue weighted by atomic mass is 10.2. The first-order valence-electron chi connectivity index (χ1n) is 6.24. The molecule has 0 bridgehead atoms. The molecule has 5 nitrogen and oxygen atoms in total. The third-order valence-electron chi connectivity index (χ3n) is 3.37. The van der Waals surface area contributed by atoms with Crippen LogP contribution in [0, 0.1) is 0 Å². The van der Waals surface area contributed by atoms with Crippen LogP contribution in [0.2, 0.25) is 5.15 Å². The van der Waals surface area contributed by atoms with Crippen molar-refractivity contribution in [1.29, 1.82) is 0 Å². The molecular weight excluding hydrogens is 276 g/mol. The van der Waals surface area contributed by atoms with Crippen LogP contribution in [0.15, 0.2) is 34.7 Å². The van der Waals surface area contributed by atoms with Crippen LogP contribution in [-0.4, -0.2) is 23.7 Å². The van der Waals surface area contributed by atoms with Crippen molar-refractivity contribution in [2.75, 3.05) is 23.9 Å². The maximum atomic E-state index is 6.18. The maximum absolute atomic E-state index is 6.18. The van der Waals surface area contributed by atoms with Crippen LogP contribution < -0.4 is 10.2 Å². The summed E-state index contributed by atoms with van der Waals surface area (Å²) in [5.41, 5.74) is 3.86. The van der Waals surface area contributed by atoms with Crippen LogP contribution in [0.4, 0.5) is 11.4 Å². The molecule has 4 rings (SSSR count). The standard InChI is InChI=1S/C14H11ClN4O/c1-19-7-16-9-11(19)10-14(18-12(9)15)20-13(17-10)8-5-3-2-4-6-8/h2-6,16H,7H2,1H3. The maximum Gasteiger partial charge on any atom is 0.251 e. The van der Waals surface area contributed by atoms with E-state index in [-0.39, 0.29) is 0 Å². The van der Waals surface area contributed by atoms with E-state index in [9.17, 15) is 0 Å². The number of anilines is 2. The second-order valence-electron chi connectivity index (χ2n) is 4.70. The molecule has 0 saturated carbocycles. The van der Waals surface area contributed by atoms with Crippen LogP contribution in [0.5, 0.6) is 0 Å². The molecule has 0 saturated heterocycles. The van der Waals surface area contributed by atoms with E-state index in [2.05, 4.69) is 15.3 Å². The summed E-state index contributed by atoms with van der Waals surface area (Å²) in [6.07, 6.45) is 0. The summed E-state index contributed by atoms with van der Waals surface area (Å²) < 4.78 is 5.75. The molecule has 3 aromatic rings. The third-order valence-corrected chi connectivity index (χ3v) is 3.65. The third kappa shape index (κ3) is 1.56. The first kappa shape index (κ1) is 11.5. The predicted octanol–water partition coefficient (Wildman–Crippen LogP) is 3.36. The number of halogens is 1. The molecule has 0 atom stereocenters. The summed E-state index contributed by atoms with van der Waals surface area (Å²) in [6, 6.07) is 9.76. The Bertz CT molecular complexity index is 800. The lowest BCUT2D eigenvalue weighted by Gasteiger charge is -2.09. The molecule has 1 aliphatic heterocycles. The molecular formula is C14H11ClN4O. The normalized spacial score (nSPS) is 13.6. The Balaban J connectivity index is 1.99. The van der Waals surface area contributed by atoms with E-state index in [0.29, 0.717) is 23.4 Å². The summed E-state index contributed by atoms with van der Waals surface area (Å²) >= 11 is 6.18. The molecule has 2 aromatic heterocycles. The number of oxazole rings is 1. The Hall–Kier alpha value is -2.27. The molecule has 3 heterocycles. The highest BCUT2D eigenvalue weighted by Crippen LogP contribution is 2.41. The van der Waals surface area contributed by atoms with Gasteiger partial charge in [0.25, 0.3) is 5.71 Å². The molecule has 1 N–H and O–H groups in total. The van der Waals surface area contributed by atoms with Gasteiger partial charge >= 0.3 is 0 Å². The van der Waals surface area contributed by atoms with E-state index in [1.54, 1.807) is 0 Å². The average molecular weight is 287 g/mol. The first-order chi connectivity index (χ1) is 9.74. The number of nitrogens with zero attached hydrogens (tertiary/aromatic N) is 3. The highest BCUT2D eigenvalue weighted by Gasteiger charge is 2.26. The molecule has 0 unspecified atom stereocenters. The number of hydrogen-bond acceptors (Lipinski definition) is 5. The molecule has 0 amide bonds. The van der Waals surface area contributed by atoms with Gasteiger partial charge in [-0.25, -0.2) is 4.98 Å². The van der Waals surface area contributed by atoms with E-state index in [1.807, 2.05) is 42.3 Å². The number of rotatable bonds is 1. The minimum Gasteiger partial charge on any atom is -0.418 e. The highest BCUT2D eigenvalue weighted by atomic mass is 35.5. The van der Waals surface area contributed by atoms with Crippen molar-refractivity contribution in [2.24, 2.45) is 0 Å². The fourth-order valence-corrected chi connectivity index (χ4v) is 2.65. The van der Waals surface area contributed by atoms with Crippen LogP contribution in [0.3, 0.4) is 0 Å². The molecule has 0 fully saturated rings. The Morgan fingerprint density at radius 1 is 1.25 bits per heavy atom. The fourth-order valence-electron chi connectivity index (χ4n) is 2.41. The van der Waals surface area contributed by atoms with Crippen LogP contribution in [0.1, 0.15) is 0 Å². The van der Waals surface area contributed by atoms with E-state index < -0.39 is 0 Å². The summed E-state index contributed by atoms with van der Waals surface area (Å²) in [4.78, 5) is 10.9. The van der Waals surface area contributed by atoms with Gasteiger partial charge in [-0.1, -0.05) is 29.8 Å². The van der Waals surface area contributed by atoms with Crippen LogP contribution in [0.25, 0.3) is 22.7 Å². The van der Waals surface area contributed by atoms with Crippen molar-refractivity contribution in [3.8, 4) is 11.5 Å². The van der Waals surface area contributed by atoms with Crippen molar-refractivity contribution >= 4 is 34.2 Å². The summed E-state index contributed by atoms with van der Waals surface area (Å²) in [5.74, 6) is 0.554. The topological polar surface area (TPSA) is 54.2 Å². The van der Waals surface area contributed by atoms with Gasteiger partial charge in [0.15, 0.2) is 10.7 Å². The number of hydrogen-bond donors (Lipinski definition) is 1. The van der Waals surface area contributed by atoms with E-state index >= 15 is 0 Å². The summed E-state index contributed by atoms with van der Waals surface area (Å²) in [6.45, 7) is 0.684. The number of benzene rings is 1. The largest absolute Gasteiger partial charge is 0.418 e. The minimum absolute atomic E-state index is 0.410. The monoisotopic (exact) mass is 286 g/mol. The molecule has 1 aromatic carbocycles. The van der Waals surface area contributed by atoms with Crippen molar-refractivity contribution in [2.45, 2.75) is 0 Å². The Morgan fingerprint density at radius 2 is 2.05 bits per heavy atom. The van der Waals surface area contributed by atoms with Crippen LogP contribution >= 0.6 is 11.6 Å². The SMILES string of the molecule is CN1CNc2c(Cl)nc3oc(-c4ccccc4)nc3c21. The Morgan fingerprint density at radius 3 is 2.85 bits per heavy atom. The number of nitrogens with one attached hydrogen (secondary N) is 1. The second kappa shape index (κ2) is 4.11. The lowest BCUT2D eigenvalue weighted by Crippen LogP contribution is -2.16. The van der Waals surface area contributed by atoms with Gasteiger partial charge in [-0.05, 0) is 12.1 Å². The van der Waals surface area contributed by atoms with Gasteiger partial charge in [0.1, 0.15) is 0 Å². The quantitative estimate of drug-likeness (QED) is 0.695. The second-order valence-corrected chi connectivity index (χ2v) is 5.06. The zero-order valence-corrected chi connectivity index (χ0v) is 11.5. The summed E-state index contributed by atoms with van der Waals surface area (Å²) in [7, 11) is 1.98. The van der Waals surface area contributed by atoms with Gasteiger partial charge in [0.2, 0.25) is 5.89 Å². The highest BCUT2D eigenvalue weighted by molar-refractivity contribution is 6.33. The van der Waals surface area contributed by atoms with Gasteiger partial charge in [-0.2, -0.15) is 4.98 Å². The number of aromatic nitrogens is 2. The summed E-state index contributed by atoms with van der Waals surface area (Å²) in [5, 5.41) is 3.62.